The van der Waals surface area contributed by atoms with E-state index in [1.54, 1.807) is 6.07 Å². The van der Waals surface area contributed by atoms with Crippen molar-refractivity contribution < 1.29 is 23.1 Å². The maximum atomic E-state index is 12.4. The third-order valence-electron chi connectivity index (χ3n) is 3.85. The molecule has 0 aromatic heterocycles. The van der Waals surface area contributed by atoms with Crippen LogP contribution in [0.1, 0.15) is 35.7 Å². The van der Waals surface area contributed by atoms with Gasteiger partial charge in [-0.3, -0.25) is 0 Å². The summed E-state index contributed by atoms with van der Waals surface area (Å²) in [7, 11) is -3.46. The fraction of sp³-hybridized carbons (Fsp3) is 0.533. The van der Waals surface area contributed by atoms with Crippen molar-refractivity contribution in [3.63, 3.8) is 0 Å². The first kappa shape index (κ1) is 16.0. The van der Waals surface area contributed by atoms with Gasteiger partial charge >= 0.3 is 5.97 Å². The van der Waals surface area contributed by atoms with E-state index in [4.69, 9.17) is 4.74 Å². The van der Waals surface area contributed by atoms with Gasteiger partial charge in [0, 0.05) is 13.2 Å². The van der Waals surface area contributed by atoms with Crippen LogP contribution in [0.4, 0.5) is 0 Å². The van der Waals surface area contributed by atoms with E-state index in [1.165, 1.54) is 12.1 Å². The van der Waals surface area contributed by atoms with Crippen LogP contribution in [0.3, 0.4) is 0 Å². The van der Waals surface area contributed by atoms with Crippen LogP contribution in [0.15, 0.2) is 23.1 Å². The maximum absolute atomic E-state index is 12.4. The van der Waals surface area contributed by atoms with E-state index < -0.39 is 15.8 Å². The zero-order valence-corrected chi connectivity index (χ0v) is 12.9. The van der Waals surface area contributed by atoms with Gasteiger partial charge in [0.2, 0.25) is 0 Å². The summed E-state index contributed by atoms with van der Waals surface area (Å²) < 4.78 is 30.1. The molecule has 0 spiro atoms. The highest BCUT2D eigenvalue weighted by atomic mass is 32.2. The SMILES string of the molecule is CCc1ccc(S(=O)(=O)CC2CCOCC2)cc1C(=O)O. The minimum absolute atomic E-state index is 0.0564. The van der Waals surface area contributed by atoms with Gasteiger partial charge in [0.15, 0.2) is 9.84 Å². The fourth-order valence-electron chi connectivity index (χ4n) is 2.58. The number of carbonyl (C=O) groups is 1. The predicted octanol–water partition coefficient (Wildman–Crippen LogP) is 2.15. The second-order valence-corrected chi connectivity index (χ2v) is 7.35. The Balaban J connectivity index is 2.27. The van der Waals surface area contributed by atoms with Gasteiger partial charge in [0.05, 0.1) is 16.2 Å². The molecule has 0 saturated carbocycles. The van der Waals surface area contributed by atoms with E-state index in [2.05, 4.69) is 0 Å². The van der Waals surface area contributed by atoms with Gasteiger partial charge in [-0.1, -0.05) is 13.0 Å². The summed E-state index contributed by atoms with van der Waals surface area (Å²) in [6, 6.07) is 4.40. The molecule has 5 nitrogen and oxygen atoms in total. The summed E-state index contributed by atoms with van der Waals surface area (Å²) in [6.07, 6.45) is 2.03. The number of carboxylic acid groups (broad SMARTS) is 1. The van der Waals surface area contributed by atoms with Crippen LogP contribution < -0.4 is 0 Å². The predicted molar refractivity (Wildman–Crippen MR) is 78.4 cm³/mol. The van der Waals surface area contributed by atoms with Crippen LogP contribution in [-0.2, 0) is 21.0 Å². The van der Waals surface area contributed by atoms with Crippen molar-refractivity contribution in [2.24, 2.45) is 5.92 Å². The molecule has 1 aliphatic heterocycles. The largest absolute Gasteiger partial charge is 0.478 e. The van der Waals surface area contributed by atoms with E-state index in [0.29, 0.717) is 25.2 Å². The number of carboxylic acids is 1. The van der Waals surface area contributed by atoms with E-state index in [1.807, 2.05) is 6.92 Å². The highest BCUT2D eigenvalue weighted by Gasteiger charge is 2.24. The Morgan fingerprint density at radius 2 is 2.00 bits per heavy atom. The van der Waals surface area contributed by atoms with Crippen LogP contribution in [0.25, 0.3) is 0 Å². The van der Waals surface area contributed by atoms with Gasteiger partial charge in [-0.15, -0.1) is 0 Å². The summed E-state index contributed by atoms with van der Waals surface area (Å²) in [5, 5.41) is 9.20. The number of ether oxygens (including phenoxy) is 1. The molecule has 0 aliphatic carbocycles. The Morgan fingerprint density at radius 3 is 2.57 bits per heavy atom. The Labute approximate surface area is 124 Å². The van der Waals surface area contributed by atoms with Gasteiger partial charge in [-0.25, -0.2) is 13.2 Å². The van der Waals surface area contributed by atoms with Gasteiger partial charge in [0.25, 0.3) is 0 Å². The number of aryl methyl sites for hydroxylation is 1. The molecule has 1 N–H and O–H groups in total. The zero-order valence-electron chi connectivity index (χ0n) is 12.0. The highest BCUT2D eigenvalue weighted by molar-refractivity contribution is 7.91. The van der Waals surface area contributed by atoms with Crippen LogP contribution in [0.5, 0.6) is 0 Å². The van der Waals surface area contributed by atoms with Crippen LogP contribution in [-0.4, -0.2) is 38.5 Å². The summed E-state index contributed by atoms with van der Waals surface area (Å²) in [4.78, 5) is 11.3. The molecule has 21 heavy (non-hydrogen) atoms. The standard InChI is InChI=1S/C15H20O5S/c1-2-12-3-4-13(9-14(12)15(16)17)21(18,19)10-11-5-7-20-8-6-11/h3-4,9,11H,2,5-8,10H2,1H3,(H,16,17). The van der Waals surface area contributed by atoms with Gasteiger partial charge in [-0.2, -0.15) is 0 Å². The molecule has 0 atom stereocenters. The first-order valence-electron chi connectivity index (χ1n) is 7.10. The molecule has 0 radical (unpaired) electrons. The second-order valence-electron chi connectivity index (χ2n) is 5.31. The lowest BCUT2D eigenvalue weighted by atomic mass is 10.0. The summed E-state index contributed by atoms with van der Waals surface area (Å²) in [6.45, 7) is 3.03. The van der Waals surface area contributed by atoms with Crippen molar-refractivity contribution >= 4 is 15.8 Å². The monoisotopic (exact) mass is 312 g/mol. The molecular formula is C15H20O5S. The van der Waals surface area contributed by atoms with Gasteiger partial charge in [0.1, 0.15) is 0 Å². The van der Waals surface area contributed by atoms with Crippen molar-refractivity contribution in [2.75, 3.05) is 19.0 Å². The lowest BCUT2D eigenvalue weighted by Crippen LogP contribution is -2.23. The van der Waals surface area contributed by atoms with Crippen molar-refractivity contribution in [1.82, 2.24) is 0 Å². The maximum Gasteiger partial charge on any atom is 0.336 e. The zero-order chi connectivity index (χ0) is 15.5. The quantitative estimate of drug-likeness (QED) is 0.901. The third-order valence-corrected chi connectivity index (χ3v) is 5.73. The first-order valence-corrected chi connectivity index (χ1v) is 8.76. The Kier molecular flexibility index (Phi) is 5.00. The summed E-state index contributed by atoms with van der Waals surface area (Å²) in [5.41, 5.74) is 0.720. The van der Waals surface area contributed by atoms with Crippen LogP contribution in [0, 0.1) is 5.92 Å². The van der Waals surface area contributed by atoms with Crippen molar-refractivity contribution in [1.29, 1.82) is 0 Å². The summed E-state index contributed by atoms with van der Waals surface area (Å²) >= 11 is 0. The van der Waals surface area contributed by atoms with E-state index in [-0.39, 0.29) is 22.1 Å². The van der Waals surface area contributed by atoms with Crippen molar-refractivity contribution in [3.8, 4) is 0 Å². The minimum atomic E-state index is -3.46. The Hall–Kier alpha value is -1.40. The fourth-order valence-corrected chi connectivity index (χ4v) is 4.30. The molecule has 1 aromatic rings. The van der Waals surface area contributed by atoms with Gasteiger partial charge < -0.3 is 9.84 Å². The Morgan fingerprint density at radius 1 is 1.33 bits per heavy atom. The molecule has 6 heteroatoms. The molecule has 1 aromatic carbocycles. The van der Waals surface area contributed by atoms with E-state index in [9.17, 15) is 18.3 Å². The molecule has 0 bridgehead atoms. The third kappa shape index (κ3) is 3.83. The van der Waals surface area contributed by atoms with Gasteiger partial charge in [-0.05, 0) is 42.9 Å². The lowest BCUT2D eigenvalue weighted by molar-refractivity contribution is 0.0695. The second kappa shape index (κ2) is 6.58. The number of hydrogen-bond donors (Lipinski definition) is 1. The number of benzene rings is 1. The van der Waals surface area contributed by atoms with Crippen molar-refractivity contribution in [3.05, 3.63) is 29.3 Å². The van der Waals surface area contributed by atoms with Crippen molar-refractivity contribution in [2.45, 2.75) is 31.1 Å². The molecule has 1 saturated heterocycles. The topological polar surface area (TPSA) is 80.7 Å². The van der Waals surface area contributed by atoms with Crippen LogP contribution >= 0.6 is 0 Å². The normalized spacial score (nSPS) is 16.8. The minimum Gasteiger partial charge on any atom is -0.478 e. The summed E-state index contributed by atoms with van der Waals surface area (Å²) in [5.74, 6) is -0.946. The molecule has 0 unspecified atom stereocenters. The molecule has 1 aliphatic rings. The Bertz CT molecular complexity index is 615. The number of sulfone groups is 1. The lowest BCUT2D eigenvalue weighted by Gasteiger charge is -2.21. The number of rotatable bonds is 5. The van der Waals surface area contributed by atoms with E-state index in [0.717, 1.165) is 12.8 Å². The molecular weight excluding hydrogens is 292 g/mol. The molecule has 1 heterocycles. The number of aromatic carboxylic acids is 1. The smallest absolute Gasteiger partial charge is 0.336 e. The molecule has 1 fully saturated rings. The molecule has 0 amide bonds. The molecule has 2 rings (SSSR count). The molecule has 116 valence electrons. The van der Waals surface area contributed by atoms with Crippen LogP contribution in [0.2, 0.25) is 0 Å². The average Bonchev–Trinajstić information content (AvgIpc) is 2.47. The highest BCUT2D eigenvalue weighted by Crippen LogP contribution is 2.23. The number of hydrogen-bond acceptors (Lipinski definition) is 4. The van der Waals surface area contributed by atoms with E-state index >= 15 is 0 Å². The average molecular weight is 312 g/mol. The first-order chi connectivity index (χ1) is 9.94.